The van der Waals surface area contributed by atoms with Crippen molar-refractivity contribution in [2.45, 2.75) is 52.1 Å². The quantitative estimate of drug-likeness (QED) is 0.725. The van der Waals surface area contributed by atoms with Gasteiger partial charge in [0.05, 0.1) is 0 Å². The molecule has 0 saturated heterocycles. The van der Waals surface area contributed by atoms with Gasteiger partial charge >= 0.3 is 0 Å². The van der Waals surface area contributed by atoms with Gasteiger partial charge in [-0.05, 0) is 40.2 Å². The van der Waals surface area contributed by atoms with Crippen LogP contribution in [0.3, 0.4) is 0 Å². The Hall–Kier alpha value is -1.28. The number of aromatic nitrogens is 1. The molecule has 0 amide bonds. The highest BCUT2D eigenvalue weighted by Crippen LogP contribution is 2.39. The van der Waals surface area contributed by atoms with Crippen molar-refractivity contribution in [3.05, 3.63) is 35.0 Å². The fraction of sp³-hybridized carbons (Fsp3) is 0.500. The number of hydrogen-bond acceptors (Lipinski definition) is 1. The van der Waals surface area contributed by atoms with E-state index in [1.54, 1.807) is 0 Å². The second-order valence-corrected chi connectivity index (χ2v) is 6.79. The lowest BCUT2D eigenvalue weighted by atomic mass is 9.80. The molecule has 0 radical (unpaired) electrons. The Morgan fingerprint density at radius 1 is 1.11 bits per heavy atom. The molecule has 1 aromatic carbocycles. The third-order valence-electron chi connectivity index (χ3n) is 4.01. The number of nitrogens with one attached hydrogen (secondary N) is 2. The first kappa shape index (κ1) is 11.8. The van der Waals surface area contributed by atoms with Gasteiger partial charge < -0.3 is 10.3 Å². The van der Waals surface area contributed by atoms with E-state index in [1.165, 1.54) is 27.7 Å². The van der Waals surface area contributed by atoms with Crippen LogP contribution in [-0.2, 0) is 12.0 Å². The zero-order valence-corrected chi connectivity index (χ0v) is 11.9. The largest absolute Gasteiger partial charge is 0.358 e. The third-order valence-corrected chi connectivity index (χ3v) is 4.01. The molecule has 96 valence electrons. The van der Waals surface area contributed by atoms with Crippen molar-refractivity contribution in [2.75, 3.05) is 0 Å². The zero-order valence-electron chi connectivity index (χ0n) is 11.9. The number of para-hydroxylation sites is 1. The molecule has 0 spiro atoms. The summed E-state index contributed by atoms with van der Waals surface area (Å²) < 4.78 is 0. The van der Waals surface area contributed by atoms with Gasteiger partial charge in [0.15, 0.2) is 0 Å². The molecule has 18 heavy (non-hydrogen) atoms. The Balaban J connectivity index is 2.34. The van der Waals surface area contributed by atoms with E-state index in [0.29, 0.717) is 0 Å². The van der Waals surface area contributed by atoms with Crippen LogP contribution in [0, 0.1) is 6.92 Å². The second-order valence-electron chi connectivity index (χ2n) is 6.79. The molecule has 2 N–H and O–H groups in total. The average Bonchev–Trinajstić information content (AvgIpc) is 2.54. The van der Waals surface area contributed by atoms with Crippen LogP contribution >= 0.6 is 0 Å². The Kier molecular flexibility index (Phi) is 2.22. The molecular weight excluding hydrogens is 220 g/mol. The van der Waals surface area contributed by atoms with Gasteiger partial charge in [0.1, 0.15) is 0 Å². The number of H-pyrrole nitrogens is 1. The summed E-state index contributed by atoms with van der Waals surface area (Å²) in [7, 11) is 0. The first-order valence-electron chi connectivity index (χ1n) is 6.70. The smallest absolute Gasteiger partial charge is 0.0489 e. The molecule has 2 nitrogen and oxygen atoms in total. The predicted octanol–water partition coefficient (Wildman–Crippen LogP) is 3.64. The van der Waals surface area contributed by atoms with Crippen LogP contribution in [0.2, 0.25) is 0 Å². The fourth-order valence-corrected chi connectivity index (χ4v) is 3.66. The van der Waals surface area contributed by atoms with Gasteiger partial charge in [0, 0.05) is 39.7 Å². The van der Waals surface area contributed by atoms with Crippen molar-refractivity contribution in [1.82, 2.24) is 10.3 Å². The van der Waals surface area contributed by atoms with Crippen molar-refractivity contribution >= 4 is 10.9 Å². The number of fused-ring (bicyclic) bond motifs is 3. The highest BCUT2D eigenvalue weighted by atomic mass is 15.1. The summed E-state index contributed by atoms with van der Waals surface area (Å²) in [5.74, 6) is 0. The number of hydrogen-bond donors (Lipinski definition) is 2. The minimum absolute atomic E-state index is 0.0170. The van der Waals surface area contributed by atoms with Crippen molar-refractivity contribution in [2.24, 2.45) is 0 Å². The summed E-state index contributed by atoms with van der Waals surface area (Å²) in [5, 5.41) is 5.14. The van der Waals surface area contributed by atoms with Crippen LogP contribution in [-0.4, -0.2) is 10.5 Å². The van der Waals surface area contributed by atoms with Crippen molar-refractivity contribution in [3.8, 4) is 0 Å². The standard InChI is InChI=1S/C16H22N2/c1-10-7-6-8-11-13-12(17-14(10)11)9-15(2,3)18-16(13,4)5/h6-8,17-18H,9H2,1-5H3. The SMILES string of the molecule is Cc1cccc2c3c([nH]c12)CC(C)(C)NC3(C)C. The van der Waals surface area contributed by atoms with Gasteiger partial charge in [-0.2, -0.15) is 0 Å². The van der Waals surface area contributed by atoms with E-state index in [1.807, 2.05) is 0 Å². The zero-order chi connectivity index (χ0) is 13.1. The summed E-state index contributed by atoms with van der Waals surface area (Å²) in [6.07, 6.45) is 1.06. The van der Waals surface area contributed by atoms with Crippen LogP contribution < -0.4 is 5.32 Å². The van der Waals surface area contributed by atoms with E-state index >= 15 is 0 Å². The first-order chi connectivity index (χ1) is 8.30. The van der Waals surface area contributed by atoms with Crippen LogP contribution in [0.15, 0.2) is 18.2 Å². The van der Waals surface area contributed by atoms with E-state index < -0.39 is 0 Å². The number of aromatic amines is 1. The molecule has 3 rings (SSSR count). The van der Waals surface area contributed by atoms with Gasteiger partial charge in [-0.3, -0.25) is 0 Å². The Morgan fingerprint density at radius 2 is 1.83 bits per heavy atom. The number of rotatable bonds is 0. The number of benzene rings is 1. The van der Waals surface area contributed by atoms with Gasteiger partial charge in [-0.25, -0.2) is 0 Å². The summed E-state index contributed by atoms with van der Waals surface area (Å²) in [6, 6.07) is 6.57. The van der Waals surface area contributed by atoms with Crippen LogP contribution in [0.4, 0.5) is 0 Å². The Labute approximate surface area is 109 Å². The molecule has 0 atom stereocenters. The molecule has 0 bridgehead atoms. The summed E-state index contributed by atoms with van der Waals surface area (Å²) in [6.45, 7) is 11.3. The Bertz CT molecular complexity index is 617. The molecule has 1 aromatic heterocycles. The maximum Gasteiger partial charge on any atom is 0.0489 e. The average molecular weight is 242 g/mol. The lowest BCUT2D eigenvalue weighted by Crippen LogP contribution is -2.55. The van der Waals surface area contributed by atoms with Crippen molar-refractivity contribution in [3.63, 3.8) is 0 Å². The molecule has 0 fully saturated rings. The van der Waals surface area contributed by atoms with Gasteiger partial charge in [-0.1, -0.05) is 18.2 Å². The fourth-order valence-electron chi connectivity index (χ4n) is 3.66. The monoisotopic (exact) mass is 242 g/mol. The molecule has 1 aliphatic heterocycles. The lowest BCUT2D eigenvalue weighted by molar-refractivity contribution is 0.242. The molecule has 0 saturated carbocycles. The third kappa shape index (κ3) is 1.59. The van der Waals surface area contributed by atoms with Crippen LogP contribution in [0.5, 0.6) is 0 Å². The van der Waals surface area contributed by atoms with E-state index in [4.69, 9.17) is 0 Å². The van der Waals surface area contributed by atoms with E-state index in [2.05, 4.69) is 63.1 Å². The molecular formula is C16H22N2. The molecule has 2 heterocycles. The van der Waals surface area contributed by atoms with E-state index in [-0.39, 0.29) is 11.1 Å². The van der Waals surface area contributed by atoms with Gasteiger partial charge in [0.2, 0.25) is 0 Å². The molecule has 2 heteroatoms. The van der Waals surface area contributed by atoms with Crippen molar-refractivity contribution in [1.29, 1.82) is 0 Å². The molecule has 0 aliphatic carbocycles. The van der Waals surface area contributed by atoms with E-state index in [0.717, 1.165) is 6.42 Å². The lowest BCUT2D eigenvalue weighted by Gasteiger charge is -2.42. The second kappa shape index (κ2) is 3.39. The highest BCUT2D eigenvalue weighted by molar-refractivity contribution is 5.88. The molecule has 0 unspecified atom stereocenters. The molecule has 1 aliphatic rings. The predicted molar refractivity (Wildman–Crippen MR) is 77.0 cm³/mol. The molecule has 2 aromatic rings. The normalized spacial score (nSPS) is 20.9. The van der Waals surface area contributed by atoms with Crippen LogP contribution in [0.25, 0.3) is 10.9 Å². The van der Waals surface area contributed by atoms with Gasteiger partial charge in [-0.15, -0.1) is 0 Å². The summed E-state index contributed by atoms with van der Waals surface area (Å²) in [4.78, 5) is 3.66. The maximum absolute atomic E-state index is 3.77. The van der Waals surface area contributed by atoms with Crippen LogP contribution in [0.1, 0.15) is 44.5 Å². The number of aryl methyl sites for hydroxylation is 1. The maximum atomic E-state index is 3.77. The van der Waals surface area contributed by atoms with Crippen molar-refractivity contribution < 1.29 is 0 Å². The minimum atomic E-state index is 0.0170. The topological polar surface area (TPSA) is 27.8 Å². The first-order valence-corrected chi connectivity index (χ1v) is 6.70. The summed E-state index contributed by atoms with van der Waals surface area (Å²) >= 11 is 0. The highest BCUT2D eigenvalue weighted by Gasteiger charge is 2.38. The van der Waals surface area contributed by atoms with Gasteiger partial charge in [0.25, 0.3) is 0 Å². The minimum Gasteiger partial charge on any atom is -0.358 e. The van der Waals surface area contributed by atoms with E-state index in [9.17, 15) is 0 Å². The summed E-state index contributed by atoms with van der Waals surface area (Å²) in [5.41, 5.74) is 5.63. The Morgan fingerprint density at radius 3 is 2.56 bits per heavy atom.